The number of carbonyl (C=O) groups excluding carboxylic acids is 2. The molecule has 3 aromatic carbocycles. The summed E-state index contributed by atoms with van der Waals surface area (Å²) in [5.74, 6) is -0.730. The van der Waals surface area contributed by atoms with Gasteiger partial charge in [-0.1, -0.05) is 18.2 Å². The van der Waals surface area contributed by atoms with Gasteiger partial charge in [0.05, 0.1) is 35.5 Å². The van der Waals surface area contributed by atoms with E-state index in [1.165, 1.54) is 6.07 Å². The second-order valence-electron chi connectivity index (χ2n) is 8.90. The Morgan fingerprint density at radius 1 is 1.13 bits per heavy atom. The average Bonchev–Trinajstić information content (AvgIpc) is 3.39. The zero-order chi connectivity index (χ0) is 27.4. The number of esters is 1. The second-order valence-corrected chi connectivity index (χ2v) is 8.90. The Morgan fingerprint density at radius 3 is 2.67 bits per heavy atom. The van der Waals surface area contributed by atoms with Crippen LogP contribution in [0.1, 0.15) is 34.0 Å². The van der Waals surface area contributed by atoms with Crippen molar-refractivity contribution in [2.45, 2.75) is 19.8 Å². The van der Waals surface area contributed by atoms with E-state index in [9.17, 15) is 19.2 Å². The summed E-state index contributed by atoms with van der Waals surface area (Å²) in [6.45, 7) is 2.47. The summed E-state index contributed by atoms with van der Waals surface area (Å²) in [7, 11) is 0. The maximum absolute atomic E-state index is 14.1. The van der Waals surface area contributed by atoms with Gasteiger partial charge in [-0.05, 0) is 73.0 Å². The minimum Gasteiger partial charge on any atom is -0.462 e. The third-order valence-corrected chi connectivity index (χ3v) is 6.39. The van der Waals surface area contributed by atoms with Gasteiger partial charge in [-0.25, -0.2) is 19.2 Å². The number of ether oxygens (including phenoxy) is 1. The van der Waals surface area contributed by atoms with Gasteiger partial charge in [-0.3, -0.25) is 4.79 Å². The van der Waals surface area contributed by atoms with Crippen molar-refractivity contribution >= 4 is 29.2 Å². The number of nitrogens with zero attached hydrogens (tertiary/aromatic N) is 4. The van der Waals surface area contributed by atoms with Gasteiger partial charge < -0.3 is 15.0 Å². The number of hydrogen-bond donors (Lipinski definition) is 1. The van der Waals surface area contributed by atoms with Crippen LogP contribution in [0.4, 0.5) is 21.7 Å². The molecule has 194 valence electrons. The predicted octanol–water partition coefficient (Wildman–Crippen LogP) is 5.21. The molecule has 0 bridgehead atoms. The lowest BCUT2D eigenvalue weighted by molar-refractivity contribution is -0.117. The highest BCUT2D eigenvalue weighted by atomic mass is 19.1. The van der Waals surface area contributed by atoms with Crippen molar-refractivity contribution in [2.75, 3.05) is 23.4 Å². The lowest BCUT2D eigenvalue weighted by Gasteiger charge is -2.19. The first-order chi connectivity index (χ1) is 19.0. The quantitative estimate of drug-likeness (QED) is 0.333. The minimum absolute atomic E-state index is 0.0829. The van der Waals surface area contributed by atoms with E-state index in [4.69, 9.17) is 4.74 Å². The highest BCUT2D eigenvalue weighted by Crippen LogP contribution is 2.36. The maximum atomic E-state index is 14.1. The van der Waals surface area contributed by atoms with Crippen LogP contribution in [0, 0.1) is 17.1 Å². The fourth-order valence-corrected chi connectivity index (χ4v) is 4.54. The monoisotopic (exact) mass is 521 g/mol. The summed E-state index contributed by atoms with van der Waals surface area (Å²) in [6.07, 6.45) is 2.10. The fourth-order valence-electron chi connectivity index (χ4n) is 4.54. The zero-order valence-electron chi connectivity index (χ0n) is 21.1. The van der Waals surface area contributed by atoms with Gasteiger partial charge in [0.2, 0.25) is 11.9 Å². The van der Waals surface area contributed by atoms with Gasteiger partial charge in [-0.15, -0.1) is 0 Å². The standard InChI is InChI=1S/C30H24FN5O3/c1-2-39-29(38)19-7-9-24(10-8-19)34-30-33-13-11-26(35-30)22-15-21-12-14-36(28(21)23(16-22)18-32)27(37)17-20-5-3-4-6-25(20)31/h3-11,13,15-16H,2,12,14,17H2,1H3,(H,33,34,35). The number of nitrogens with one attached hydrogen (secondary N) is 1. The SMILES string of the molecule is CCOC(=O)c1ccc(Nc2nccc(-c3cc(C#N)c4c(c3)CCN4C(=O)Cc3ccccc3F)n2)cc1. The summed E-state index contributed by atoms with van der Waals surface area (Å²) >= 11 is 0. The van der Waals surface area contributed by atoms with Crippen molar-refractivity contribution in [1.29, 1.82) is 5.26 Å². The van der Waals surface area contributed by atoms with E-state index < -0.39 is 5.82 Å². The molecule has 9 heteroatoms. The van der Waals surface area contributed by atoms with Crippen LogP contribution >= 0.6 is 0 Å². The molecule has 0 saturated heterocycles. The first-order valence-electron chi connectivity index (χ1n) is 12.4. The fraction of sp³-hybridized carbons (Fsp3) is 0.167. The molecule has 39 heavy (non-hydrogen) atoms. The lowest BCUT2D eigenvalue weighted by Crippen LogP contribution is -2.31. The normalized spacial score (nSPS) is 12.0. The molecule has 1 aliphatic heterocycles. The molecular formula is C30H24FN5O3. The van der Waals surface area contributed by atoms with Crippen LogP contribution < -0.4 is 10.2 Å². The first-order valence-corrected chi connectivity index (χ1v) is 12.4. The highest BCUT2D eigenvalue weighted by Gasteiger charge is 2.29. The van der Waals surface area contributed by atoms with Crippen molar-refractivity contribution in [3.63, 3.8) is 0 Å². The molecule has 0 spiro atoms. The van der Waals surface area contributed by atoms with Crippen LogP contribution in [0.2, 0.25) is 0 Å². The molecule has 0 saturated carbocycles. The summed E-state index contributed by atoms with van der Waals surface area (Å²) in [5, 5.41) is 13.0. The Kier molecular flexibility index (Phi) is 7.28. The molecule has 4 aromatic rings. The zero-order valence-corrected chi connectivity index (χ0v) is 21.1. The number of amides is 1. The van der Waals surface area contributed by atoms with E-state index in [2.05, 4.69) is 21.4 Å². The Labute approximate surface area is 224 Å². The van der Waals surface area contributed by atoms with Crippen LogP contribution in [0.25, 0.3) is 11.3 Å². The molecule has 0 aliphatic carbocycles. The summed E-state index contributed by atoms with van der Waals surface area (Å²) in [4.78, 5) is 35.4. The van der Waals surface area contributed by atoms with Crippen molar-refractivity contribution in [3.8, 4) is 17.3 Å². The number of nitriles is 1. The van der Waals surface area contributed by atoms with Gasteiger partial charge in [0.25, 0.3) is 0 Å². The van der Waals surface area contributed by atoms with E-state index >= 15 is 0 Å². The molecule has 1 aromatic heterocycles. The number of halogens is 1. The Balaban J connectivity index is 1.37. The van der Waals surface area contributed by atoms with Gasteiger partial charge in [0, 0.05) is 24.0 Å². The van der Waals surface area contributed by atoms with Crippen molar-refractivity contribution in [3.05, 3.63) is 101 Å². The minimum atomic E-state index is -0.427. The number of anilines is 3. The number of rotatable bonds is 7. The first kappa shape index (κ1) is 25.5. The Morgan fingerprint density at radius 2 is 1.92 bits per heavy atom. The van der Waals surface area contributed by atoms with Gasteiger partial charge in [0.1, 0.15) is 11.9 Å². The largest absolute Gasteiger partial charge is 0.462 e. The number of benzene rings is 3. The molecule has 0 unspecified atom stereocenters. The third-order valence-electron chi connectivity index (χ3n) is 6.39. The Bertz CT molecular complexity index is 1600. The average molecular weight is 522 g/mol. The topological polar surface area (TPSA) is 108 Å². The molecule has 0 atom stereocenters. The third kappa shape index (κ3) is 5.45. The molecule has 5 rings (SSSR count). The van der Waals surface area contributed by atoms with E-state index in [-0.39, 0.29) is 18.3 Å². The maximum Gasteiger partial charge on any atom is 0.338 e. The molecular weight excluding hydrogens is 497 g/mol. The number of aromatic nitrogens is 2. The molecule has 8 nitrogen and oxygen atoms in total. The molecule has 1 N–H and O–H groups in total. The molecule has 0 radical (unpaired) electrons. The number of hydrogen-bond acceptors (Lipinski definition) is 7. The van der Waals surface area contributed by atoms with Crippen molar-refractivity contribution in [2.24, 2.45) is 0 Å². The number of fused-ring (bicyclic) bond motifs is 1. The van der Waals surface area contributed by atoms with Crippen molar-refractivity contribution < 1.29 is 18.7 Å². The van der Waals surface area contributed by atoms with E-state index in [0.717, 1.165) is 11.1 Å². The van der Waals surface area contributed by atoms with Crippen LogP contribution in [-0.2, 0) is 22.4 Å². The van der Waals surface area contributed by atoms with E-state index in [0.29, 0.717) is 59.3 Å². The van der Waals surface area contributed by atoms with Gasteiger partial charge in [0.15, 0.2) is 0 Å². The Hall–Kier alpha value is -5.10. The molecule has 1 aliphatic rings. The predicted molar refractivity (Wildman–Crippen MR) is 144 cm³/mol. The van der Waals surface area contributed by atoms with Crippen LogP contribution in [0.15, 0.2) is 72.9 Å². The van der Waals surface area contributed by atoms with E-state index in [1.807, 2.05) is 6.07 Å². The van der Waals surface area contributed by atoms with Crippen LogP contribution in [0.3, 0.4) is 0 Å². The molecule has 0 fully saturated rings. The lowest BCUT2D eigenvalue weighted by atomic mass is 10.0. The van der Waals surface area contributed by atoms with Crippen LogP contribution in [0.5, 0.6) is 0 Å². The summed E-state index contributed by atoms with van der Waals surface area (Å²) in [5.41, 5.74) is 4.55. The second kappa shape index (κ2) is 11.1. The summed E-state index contributed by atoms with van der Waals surface area (Å²) in [6, 6.07) is 20.6. The van der Waals surface area contributed by atoms with E-state index in [1.54, 1.807) is 72.6 Å². The molecule has 1 amide bonds. The van der Waals surface area contributed by atoms with Gasteiger partial charge >= 0.3 is 5.97 Å². The highest BCUT2D eigenvalue weighted by molar-refractivity contribution is 5.98. The smallest absolute Gasteiger partial charge is 0.338 e. The number of carbonyl (C=O) groups is 2. The molecule has 2 heterocycles. The van der Waals surface area contributed by atoms with Gasteiger partial charge in [-0.2, -0.15) is 5.26 Å². The van der Waals surface area contributed by atoms with Crippen LogP contribution in [-0.4, -0.2) is 35.0 Å². The van der Waals surface area contributed by atoms with Crippen molar-refractivity contribution in [1.82, 2.24) is 9.97 Å². The summed E-state index contributed by atoms with van der Waals surface area (Å²) < 4.78 is 19.1.